The van der Waals surface area contributed by atoms with E-state index in [1.165, 1.54) is 18.3 Å². The summed E-state index contributed by atoms with van der Waals surface area (Å²) >= 11 is 0. The fourth-order valence-electron chi connectivity index (χ4n) is 2.81. The van der Waals surface area contributed by atoms with Gasteiger partial charge in [0.15, 0.2) is 5.82 Å². The Morgan fingerprint density at radius 3 is 2.69 bits per heavy atom. The molecule has 26 heavy (non-hydrogen) atoms. The second kappa shape index (κ2) is 6.14. The summed E-state index contributed by atoms with van der Waals surface area (Å²) in [5.41, 5.74) is 3.33. The van der Waals surface area contributed by atoms with Gasteiger partial charge in [-0.1, -0.05) is 6.57 Å². The van der Waals surface area contributed by atoms with Crippen molar-refractivity contribution in [2.45, 2.75) is 0 Å². The summed E-state index contributed by atoms with van der Waals surface area (Å²) < 4.78 is 14.9. The van der Waals surface area contributed by atoms with Crippen molar-refractivity contribution >= 4 is 23.7 Å². The molecule has 0 aliphatic rings. The van der Waals surface area contributed by atoms with E-state index in [0.717, 1.165) is 5.56 Å². The van der Waals surface area contributed by atoms with Gasteiger partial charge in [-0.05, 0) is 30.3 Å². The Hall–Kier alpha value is -3.99. The lowest BCUT2D eigenvalue weighted by Crippen LogP contribution is -1.96. The number of amides is 1. The zero-order valence-corrected chi connectivity index (χ0v) is 13.3. The maximum Gasteiger partial charge on any atom is 0.254 e. The number of H-pyrrole nitrogens is 1. The fourth-order valence-corrected chi connectivity index (χ4v) is 2.81. The van der Waals surface area contributed by atoms with Crippen LogP contribution in [0.4, 0.5) is 16.0 Å². The first-order valence-corrected chi connectivity index (χ1v) is 7.60. The van der Waals surface area contributed by atoms with Crippen molar-refractivity contribution in [2.24, 2.45) is 0 Å². The number of nitrogens with zero attached hydrogens (tertiary/aromatic N) is 4. The second-order valence-corrected chi connectivity index (χ2v) is 5.47. The van der Waals surface area contributed by atoms with Crippen LogP contribution in [0.2, 0.25) is 0 Å². The largest absolute Gasteiger partial charge is 0.362 e. The SMILES string of the molecule is [C-]#[N+]c1cnc2ccc(-c3c(NC=O)n[nH]c3-c3ccc(F)cc3)cn12. The van der Waals surface area contributed by atoms with E-state index in [0.29, 0.717) is 40.5 Å². The molecule has 4 aromatic rings. The van der Waals surface area contributed by atoms with E-state index in [1.54, 1.807) is 28.8 Å². The summed E-state index contributed by atoms with van der Waals surface area (Å²) in [6, 6.07) is 9.54. The van der Waals surface area contributed by atoms with Gasteiger partial charge in [-0.25, -0.2) is 13.8 Å². The molecule has 3 heterocycles. The Morgan fingerprint density at radius 2 is 1.96 bits per heavy atom. The Labute approximate surface area is 146 Å². The van der Waals surface area contributed by atoms with Crippen LogP contribution in [-0.2, 0) is 4.79 Å². The van der Waals surface area contributed by atoms with Crippen LogP contribution in [0.25, 0.3) is 32.9 Å². The number of aromatic nitrogens is 4. The Balaban J connectivity index is 1.94. The minimum atomic E-state index is -0.345. The molecule has 3 aromatic heterocycles. The third-order valence-corrected chi connectivity index (χ3v) is 3.98. The summed E-state index contributed by atoms with van der Waals surface area (Å²) in [5.74, 6) is 0.365. The van der Waals surface area contributed by atoms with Crippen molar-refractivity contribution in [3.8, 4) is 22.4 Å². The Morgan fingerprint density at radius 1 is 1.19 bits per heavy atom. The van der Waals surface area contributed by atoms with E-state index in [2.05, 4.69) is 25.3 Å². The van der Waals surface area contributed by atoms with Gasteiger partial charge in [0.25, 0.3) is 5.82 Å². The number of pyridine rings is 1. The number of rotatable bonds is 4. The first-order valence-electron chi connectivity index (χ1n) is 7.60. The molecule has 0 aliphatic carbocycles. The van der Waals surface area contributed by atoms with E-state index in [4.69, 9.17) is 6.57 Å². The van der Waals surface area contributed by atoms with E-state index < -0.39 is 0 Å². The number of hydrogen-bond acceptors (Lipinski definition) is 3. The standard InChI is InChI=1S/C18H11FN6O/c1-20-15-8-21-14-7-4-12(9-25(14)15)16-17(23-24-18(16)22-10-26)11-2-5-13(19)6-3-11/h2-10H,(H2,22,23,24,26). The van der Waals surface area contributed by atoms with Crippen LogP contribution in [0, 0.1) is 12.4 Å². The van der Waals surface area contributed by atoms with Crippen molar-refractivity contribution in [3.63, 3.8) is 0 Å². The summed E-state index contributed by atoms with van der Waals surface area (Å²) in [5, 5.41) is 9.59. The first-order chi connectivity index (χ1) is 12.7. The van der Waals surface area contributed by atoms with Crippen LogP contribution < -0.4 is 5.32 Å². The number of fused-ring (bicyclic) bond motifs is 1. The Kier molecular flexibility index (Phi) is 3.67. The molecule has 4 rings (SSSR count). The zero-order valence-electron chi connectivity index (χ0n) is 13.3. The topological polar surface area (TPSA) is 79.4 Å². The number of nitrogens with one attached hydrogen (secondary N) is 2. The van der Waals surface area contributed by atoms with Crippen molar-refractivity contribution in [1.29, 1.82) is 0 Å². The van der Waals surface area contributed by atoms with Gasteiger partial charge < -0.3 is 10.2 Å². The molecule has 1 aromatic carbocycles. The molecular weight excluding hydrogens is 335 g/mol. The van der Waals surface area contributed by atoms with Gasteiger partial charge in [0, 0.05) is 17.2 Å². The highest BCUT2D eigenvalue weighted by atomic mass is 19.1. The first kappa shape index (κ1) is 15.5. The van der Waals surface area contributed by atoms with Gasteiger partial charge in [-0.2, -0.15) is 5.10 Å². The van der Waals surface area contributed by atoms with Crippen LogP contribution in [0.1, 0.15) is 0 Å². The quantitative estimate of drug-likeness (QED) is 0.437. The molecule has 0 saturated heterocycles. The summed E-state index contributed by atoms with van der Waals surface area (Å²) in [7, 11) is 0. The molecule has 0 unspecified atom stereocenters. The van der Waals surface area contributed by atoms with Crippen LogP contribution in [-0.4, -0.2) is 26.0 Å². The van der Waals surface area contributed by atoms with Gasteiger partial charge in [0.2, 0.25) is 12.1 Å². The monoisotopic (exact) mass is 346 g/mol. The number of aromatic amines is 1. The number of carbonyl (C=O) groups is 1. The van der Waals surface area contributed by atoms with Crippen molar-refractivity contribution < 1.29 is 9.18 Å². The van der Waals surface area contributed by atoms with E-state index in [-0.39, 0.29) is 5.82 Å². The van der Waals surface area contributed by atoms with Gasteiger partial charge >= 0.3 is 0 Å². The molecule has 7 nitrogen and oxygen atoms in total. The highest BCUT2D eigenvalue weighted by molar-refractivity contribution is 5.92. The minimum absolute atomic E-state index is 0.336. The van der Waals surface area contributed by atoms with Gasteiger partial charge in [-0.15, -0.1) is 0 Å². The molecule has 0 bridgehead atoms. The average molecular weight is 346 g/mol. The smallest absolute Gasteiger partial charge is 0.254 e. The highest BCUT2D eigenvalue weighted by Gasteiger charge is 2.19. The average Bonchev–Trinajstić information content (AvgIpc) is 3.26. The zero-order chi connectivity index (χ0) is 18.1. The van der Waals surface area contributed by atoms with Gasteiger partial charge in [0.1, 0.15) is 5.82 Å². The summed E-state index contributed by atoms with van der Waals surface area (Å²) in [4.78, 5) is 18.6. The van der Waals surface area contributed by atoms with E-state index >= 15 is 0 Å². The molecule has 0 fully saturated rings. The van der Waals surface area contributed by atoms with Crippen molar-refractivity contribution in [1.82, 2.24) is 19.6 Å². The summed E-state index contributed by atoms with van der Waals surface area (Å²) in [6.45, 7) is 7.24. The number of anilines is 1. The molecule has 0 radical (unpaired) electrons. The maximum atomic E-state index is 13.3. The molecule has 1 amide bonds. The maximum absolute atomic E-state index is 13.3. The predicted molar refractivity (Wildman–Crippen MR) is 94.1 cm³/mol. The molecular formula is C18H11FN6O. The third-order valence-electron chi connectivity index (χ3n) is 3.98. The van der Waals surface area contributed by atoms with E-state index in [1.807, 2.05) is 6.07 Å². The van der Waals surface area contributed by atoms with Crippen LogP contribution in [0.3, 0.4) is 0 Å². The fraction of sp³-hybridized carbons (Fsp3) is 0. The molecule has 2 N–H and O–H groups in total. The van der Waals surface area contributed by atoms with Gasteiger partial charge in [-0.3, -0.25) is 9.89 Å². The Bertz CT molecular complexity index is 1150. The molecule has 0 atom stereocenters. The second-order valence-electron chi connectivity index (χ2n) is 5.47. The van der Waals surface area contributed by atoms with Crippen molar-refractivity contribution in [3.05, 3.63) is 66.0 Å². The number of benzene rings is 1. The van der Waals surface area contributed by atoms with Gasteiger partial charge in [0.05, 0.1) is 23.7 Å². The molecule has 0 saturated carbocycles. The predicted octanol–water partition coefficient (Wildman–Crippen LogP) is 3.65. The van der Waals surface area contributed by atoms with Crippen molar-refractivity contribution in [2.75, 3.05) is 5.32 Å². The number of imidazole rings is 1. The van der Waals surface area contributed by atoms with E-state index in [9.17, 15) is 9.18 Å². The normalized spacial score (nSPS) is 10.6. The molecule has 126 valence electrons. The highest BCUT2D eigenvalue weighted by Crippen LogP contribution is 2.36. The summed E-state index contributed by atoms with van der Waals surface area (Å²) in [6.07, 6.45) is 3.78. The number of carbonyl (C=O) groups excluding carboxylic acids is 1. The molecule has 0 spiro atoms. The van der Waals surface area contributed by atoms with Crippen LogP contribution >= 0.6 is 0 Å². The number of halogens is 1. The molecule has 0 aliphatic heterocycles. The minimum Gasteiger partial charge on any atom is -0.362 e. The number of hydrogen-bond donors (Lipinski definition) is 2. The molecule has 8 heteroatoms. The van der Waals surface area contributed by atoms with Crippen LogP contribution in [0.5, 0.6) is 0 Å². The van der Waals surface area contributed by atoms with Crippen LogP contribution in [0.15, 0.2) is 48.8 Å². The lowest BCUT2D eigenvalue weighted by atomic mass is 10.0. The lowest BCUT2D eigenvalue weighted by Gasteiger charge is -2.06. The lowest BCUT2D eigenvalue weighted by molar-refractivity contribution is -0.105. The third kappa shape index (κ3) is 2.48.